The fourth-order valence-corrected chi connectivity index (χ4v) is 2.73. The fraction of sp³-hybridized carbons (Fsp3) is 0.353. The highest BCUT2D eigenvalue weighted by molar-refractivity contribution is 7.98. The monoisotopic (exact) mass is 301 g/mol. The minimum absolute atomic E-state index is 0.0910. The van der Waals surface area contributed by atoms with Crippen LogP contribution in [0, 0.1) is 6.92 Å². The highest BCUT2D eigenvalue weighted by Gasteiger charge is 2.17. The third-order valence-corrected chi connectivity index (χ3v) is 4.19. The molecule has 0 fully saturated rings. The van der Waals surface area contributed by atoms with Crippen LogP contribution in [0.15, 0.2) is 41.4 Å². The van der Waals surface area contributed by atoms with Crippen molar-refractivity contribution in [3.63, 3.8) is 0 Å². The number of nitrogens with two attached hydrogens (primary N) is 1. The van der Waals surface area contributed by atoms with Gasteiger partial charge in [-0.25, -0.2) is 4.98 Å². The Labute approximate surface area is 131 Å². The molecule has 1 unspecified atom stereocenters. The Hall–Kier alpha value is -1.52. The van der Waals surface area contributed by atoms with E-state index in [1.54, 1.807) is 11.8 Å². The summed E-state index contributed by atoms with van der Waals surface area (Å²) in [7, 11) is 0. The second-order valence-electron chi connectivity index (χ2n) is 5.15. The molecular weight excluding hydrogens is 278 g/mol. The normalized spacial score (nSPS) is 12.3. The zero-order valence-corrected chi connectivity index (χ0v) is 13.7. The standard InChI is InChI=1S/C17H23N3S/c1-4-9-19-16(13-5-7-14(21-3)8-6-13)15-10-12(2)11-20-17(15)18/h5-8,10-11,16,19H,4,9H2,1-3H3,(H2,18,20). The largest absolute Gasteiger partial charge is 0.383 e. The van der Waals surface area contributed by atoms with Crippen molar-refractivity contribution in [1.82, 2.24) is 10.3 Å². The first-order valence-electron chi connectivity index (χ1n) is 7.25. The summed E-state index contributed by atoms with van der Waals surface area (Å²) in [5, 5.41) is 3.58. The van der Waals surface area contributed by atoms with Crippen LogP contribution in [-0.4, -0.2) is 17.8 Å². The number of aromatic nitrogens is 1. The number of hydrogen-bond acceptors (Lipinski definition) is 4. The molecule has 21 heavy (non-hydrogen) atoms. The van der Waals surface area contributed by atoms with E-state index < -0.39 is 0 Å². The molecule has 0 amide bonds. The van der Waals surface area contributed by atoms with E-state index in [-0.39, 0.29) is 6.04 Å². The molecule has 0 saturated heterocycles. The molecule has 1 heterocycles. The number of anilines is 1. The average molecular weight is 301 g/mol. The van der Waals surface area contributed by atoms with Crippen LogP contribution in [0.4, 0.5) is 5.82 Å². The van der Waals surface area contributed by atoms with Crippen molar-refractivity contribution < 1.29 is 0 Å². The SMILES string of the molecule is CCCNC(c1ccc(SC)cc1)c1cc(C)cnc1N. The molecule has 112 valence electrons. The summed E-state index contributed by atoms with van der Waals surface area (Å²) >= 11 is 1.75. The second-order valence-corrected chi connectivity index (χ2v) is 6.03. The number of nitrogens with one attached hydrogen (secondary N) is 1. The zero-order valence-electron chi connectivity index (χ0n) is 12.9. The highest BCUT2D eigenvalue weighted by atomic mass is 32.2. The van der Waals surface area contributed by atoms with E-state index in [1.165, 1.54) is 10.5 Å². The number of nitrogens with zero attached hydrogens (tertiary/aromatic N) is 1. The number of aryl methyl sites for hydroxylation is 1. The van der Waals surface area contributed by atoms with Gasteiger partial charge in [-0.1, -0.05) is 19.1 Å². The molecule has 2 rings (SSSR count). The molecule has 1 aromatic carbocycles. The van der Waals surface area contributed by atoms with Gasteiger partial charge in [0.2, 0.25) is 0 Å². The van der Waals surface area contributed by atoms with E-state index in [4.69, 9.17) is 5.73 Å². The molecule has 0 aliphatic rings. The maximum Gasteiger partial charge on any atom is 0.128 e. The summed E-state index contributed by atoms with van der Waals surface area (Å²) in [5.74, 6) is 0.600. The number of rotatable bonds is 6. The minimum atomic E-state index is 0.0910. The van der Waals surface area contributed by atoms with Gasteiger partial charge in [-0.05, 0) is 55.5 Å². The molecule has 1 atom stereocenters. The summed E-state index contributed by atoms with van der Waals surface area (Å²) in [5.41, 5.74) is 9.51. The van der Waals surface area contributed by atoms with Gasteiger partial charge < -0.3 is 11.1 Å². The van der Waals surface area contributed by atoms with E-state index in [0.717, 1.165) is 24.1 Å². The quantitative estimate of drug-likeness (QED) is 0.797. The summed E-state index contributed by atoms with van der Waals surface area (Å²) in [4.78, 5) is 5.57. The van der Waals surface area contributed by atoms with Gasteiger partial charge in [0.25, 0.3) is 0 Å². The van der Waals surface area contributed by atoms with Crippen molar-refractivity contribution in [3.8, 4) is 0 Å². The molecule has 4 heteroatoms. The van der Waals surface area contributed by atoms with E-state index in [9.17, 15) is 0 Å². The lowest BCUT2D eigenvalue weighted by Gasteiger charge is -2.21. The van der Waals surface area contributed by atoms with Crippen molar-refractivity contribution in [2.24, 2.45) is 0 Å². The first-order chi connectivity index (χ1) is 10.2. The molecular formula is C17H23N3S. The Morgan fingerprint density at radius 1 is 1.29 bits per heavy atom. The molecule has 3 N–H and O–H groups in total. The molecule has 2 aromatic rings. The van der Waals surface area contributed by atoms with Gasteiger partial charge >= 0.3 is 0 Å². The number of benzene rings is 1. The van der Waals surface area contributed by atoms with Gasteiger partial charge in [-0.2, -0.15) is 0 Å². The van der Waals surface area contributed by atoms with Crippen LogP contribution >= 0.6 is 11.8 Å². The lowest BCUT2D eigenvalue weighted by Crippen LogP contribution is -2.24. The molecule has 0 aliphatic heterocycles. The van der Waals surface area contributed by atoms with Crippen molar-refractivity contribution >= 4 is 17.6 Å². The van der Waals surface area contributed by atoms with Crippen LogP contribution < -0.4 is 11.1 Å². The molecule has 0 saturated carbocycles. The molecule has 1 aromatic heterocycles. The predicted molar refractivity (Wildman–Crippen MR) is 91.7 cm³/mol. The Morgan fingerprint density at radius 2 is 2.00 bits per heavy atom. The van der Waals surface area contributed by atoms with E-state index >= 15 is 0 Å². The van der Waals surface area contributed by atoms with E-state index in [0.29, 0.717) is 5.82 Å². The predicted octanol–water partition coefficient (Wildman–Crippen LogP) is 3.78. The summed E-state index contributed by atoms with van der Waals surface area (Å²) < 4.78 is 0. The van der Waals surface area contributed by atoms with Crippen molar-refractivity contribution in [1.29, 1.82) is 0 Å². The average Bonchev–Trinajstić information content (AvgIpc) is 2.51. The molecule has 0 spiro atoms. The fourth-order valence-electron chi connectivity index (χ4n) is 2.33. The number of nitrogen functional groups attached to an aromatic ring is 1. The third-order valence-electron chi connectivity index (χ3n) is 3.44. The maximum absolute atomic E-state index is 6.10. The Kier molecular flexibility index (Phi) is 5.65. The molecule has 3 nitrogen and oxygen atoms in total. The van der Waals surface area contributed by atoms with Crippen LogP contribution in [0.1, 0.15) is 36.1 Å². The van der Waals surface area contributed by atoms with Crippen molar-refractivity contribution in [2.75, 3.05) is 18.5 Å². The Morgan fingerprint density at radius 3 is 2.62 bits per heavy atom. The number of pyridine rings is 1. The van der Waals surface area contributed by atoms with Crippen LogP contribution in [0.3, 0.4) is 0 Å². The van der Waals surface area contributed by atoms with Crippen molar-refractivity contribution in [2.45, 2.75) is 31.2 Å². The van der Waals surface area contributed by atoms with Gasteiger partial charge in [0.1, 0.15) is 5.82 Å². The van der Waals surface area contributed by atoms with Gasteiger partial charge in [0, 0.05) is 16.7 Å². The Balaban J connectivity index is 2.38. The van der Waals surface area contributed by atoms with Gasteiger partial charge in [-0.3, -0.25) is 0 Å². The molecule has 0 bridgehead atoms. The zero-order chi connectivity index (χ0) is 15.2. The first kappa shape index (κ1) is 15.9. The first-order valence-corrected chi connectivity index (χ1v) is 8.47. The van der Waals surface area contributed by atoms with Crippen LogP contribution in [-0.2, 0) is 0 Å². The second kappa shape index (κ2) is 7.48. The lowest BCUT2D eigenvalue weighted by atomic mass is 9.98. The maximum atomic E-state index is 6.10. The summed E-state index contributed by atoms with van der Waals surface area (Å²) in [6.45, 7) is 5.16. The minimum Gasteiger partial charge on any atom is -0.383 e. The van der Waals surface area contributed by atoms with Gasteiger partial charge in [0.05, 0.1) is 6.04 Å². The van der Waals surface area contributed by atoms with Gasteiger partial charge in [-0.15, -0.1) is 11.8 Å². The summed E-state index contributed by atoms with van der Waals surface area (Å²) in [6, 6.07) is 10.9. The summed E-state index contributed by atoms with van der Waals surface area (Å²) in [6.07, 6.45) is 4.98. The van der Waals surface area contributed by atoms with Crippen LogP contribution in [0.2, 0.25) is 0 Å². The van der Waals surface area contributed by atoms with Gasteiger partial charge in [0.15, 0.2) is 0 Å². The topological polar surface area (TPSA) is 50.9 Å². The van der Waals surface area contributed by atoms with Crippen LogP contribution in [0.25, 0.3) is 0 Å². The van der Waals surface area contributed by atoms with Crippen LogP contribution in [0.5, 0.6) is 0 Å². The van der Waals surface area contributed by atoms with E-state index in [1.807, 2.05) is 13.1 Å². The Bertz CT molecular complexity index is 581. The van der Waals surface area contributed by atoms with E-state index in [2.05, 4.69) is 53.8 Å². The smallest absolute Gasteiger partial charge is 0.128 e. The number of hydrogen-bond donors (Lipinski definition) is 2. The van der Waals surface area contributed by atoms with Crippen molar-refractivity contribution in [3.05, 3.63) is 53.2 Å². The lowest BCUT2D eigenvalue weighted by molar-refractivity contribution is 0.598. The third kappa shape index (κ3) is 3.99. The highest BCUT2D eigenvalue weighted by Crippen LogP contribution is 2.28. The molecule has 0 aliphatic carbocycles. The number of thioether (sulfide) groups is 1. The molecule has 0 radical (unpaired) electrons.